The van der Waals surface area contributed by atoms with Crippen molar-refractivity contribution in [1.29, 1.82) is 0 Å². The first kappa shape index (κ1) is 29.2. The molecule has 0 amide bonds. The van der Waals surface area contributed by atoms with Crippen LogP contribution in [0.25, 0.3) is 0 Å². The van der Waals surface area contributed by atoms with Crippen molar-refractivity contribution in [3.63, 3.8) is 0 Å². The number of hydrogen-bond donors (Lipinski definition) is 0. The SMILES string of the molecule is O=C(OCCN1CCN(CCOC(=O)C(c2ccccc2)c2ccccc2)CC1)C(c1ccccc1)c1ccccc1. The molecule has 1 aliphatic rings. The van der Waals surface area contributed by atoms with Crippen molar-refractivity contribution < 1.29 is 19.1 Å². The van der Waals surface area contributed by atoms with Crippen LogP contribution in [0.3, 0.4) is 0 Å². The van der Waals surface area contributed by atoms with Gasteiger partial charge < -0.3 is 9.47 Å². The lowest BCUT2D eigenvalue weighted by Gasteiger charge is -2.34. The Kier molecular flexibility index (Phi) is 10.5. The summed E-state index contributed by atoms with van der Waals surface area (Å²) in [5, 5.41) is 0. The van der Waals surface area contributed by atoms with E-state index in [2.05, 4.69) is 9.80 Å². The number of esters is 2. The van der Waals surface area contributed by atoms with E-state index < -0.39 is 11.8 Å². The molecule has 1 heterocycles. The zero-order valence-electron chi connectivity index (χ0n) is 23.9. The molecule has 0 radical (unpaired) electrons. The predicted octanol–water partition coefficient (Wildman–Crippen LogP) is 5.35. The molecule has 0 bridgehead atoms. The van der Waals surface area contributed by atoms with E-state index in [1.807, 2.05) is 121 Å². The van der Waals surface area contributed by atoms with Crippen LogP contribution in [-0.2, 0) is 19.1 Å². The lowest BCUT2D eigenvalue weighted by Crippen LogP contribution is -2.48. The second kappa shape index (κ2) is 15.1. The fourth-order valence-corrected chi connectivity index (χ4v) is 5.47. The normalized spacial score (nSPS) is 14.1. The number of rotatable bonds is 12. The molecule has 6 heteroatoms. The number of carbonyl (C=O) groups is 2. The molecule has 4 aromatic carbocycles. The van der Waals surface area contributed by atoms with Crippen molar-refractivity contribution >= 4 is 11.9 Å². The molecule has 1 aliphatic heterocycles. The zero-order chi connectivity index (χ0) is 29.0. The van der Waals surface area contributed by atoms with Crippen LogP contribution in [0.2, 0.25) is 0 Å². The number of ether oxygens (including phenoxy) is 2. The molecule has 0 saturated carbocycles. The van der Waals surface area contributed by atoms with E-state index in [0.29, 0.717) is 26.3 Å². The molecule has 4 aromatic rings. The maximum Gasteiger partial charge on any atom is 0.317 e. The minimum atomic E-state index is -0.435. The van der Waals surface area contributed by atoms with Gasteiger partial charge in [0.25, 0.3) is 0 Å². The third-order valence-corrected chi connectivity index (χ3v) is 7.77. The summed E-state index contributed by atoms with van der Waals surface area (Å²) in [6, 6.07) is 39.2. The fraction of sp³-hybridized carbons (Fsp3) is 0.278. The Morgan fingerprint density at radius 3 is 1.00 bits per heavy atom. The van der Waals surface area contributed by atoms with Crippen LogP contribution >= 0.6 is 0 Å². The van der Waals surface area contributed by atoms with Crippen LogP contribution in [0.5, 0.6) is 0 Å². The molecule has 0 aromatic heterocycles. The molecular formula is C36H38N2O4. The van der Waals surface area contributed by atoms with E-state index in [1.54, 1.807) is 0 Å². The Balaban J connectivity index is 1.05. The summed E-state index contributed by atoms with van der Waals surface area (Å²) in [5.41, 5.74) is 3.73. The van der Waals surface area contributed by atoms with Gasteiger partial charge in [-0.25, -0.2) is 0 Å². The van der Waals surface area contributed by atoms with Gasteiger partial charge >= 0.3 is 11.9 Å². The molecule has 5 rings (SSSR count). The molecule has 0 N–H and O–H groups in total. The Labute approximate surface area is 248 Å². The highest BCUT2D eigenvalue weighted by atomic mass is 16.5. The van der Waals surface area contributed by atoms with Gasteiger partial charge in [-0.1, -0.05) is 121 Å². The van der Waals surface area contributed by atoms with E-state index >= 15 is 0 Å². The highest BCUT2D eigenvalue weighted by Crippen LogP contribution is 2.27. The van der Waals surface area contributed by atoms with Crippen LogP contribution in [0.1, 0.15) is 34.1 Å². The van der Waals surface area contributed by atoms with Crippen molar-refractivity contribution in [3.05, 3.63) is 144 Å². The number of carbonyl (C=O) groups excluding carboxylic acids is 2. The highest BCUT2D eigenvalue weighted by molar-refractivity contribution is 5.82. The van der Waals surface area contributed by atoms with Gasteiger partial charge in [0.05, 0.1) is 0 Å². The van der Waals surface area contributed by atoms with Gasteiger partial charge in [0.1, 0.15) is 25.0 Å². The van der Waals surface area contributed by atoms with Crippen molar-refractivity contribution in [2.75, 3.05) is 52.5 Å². The Morgan fingerprint density at radius 1 is 0.476 bits per heavy atom. The molecule has 1 fully saturated rings. The first-order chi connectivity index (χ1) is 20.7. The Bertz CT molecular complexity index is 1190. The van der Waals surface area contributed by atoms with Crippen LogP contribution in [-0.4, -0.2) is 74.2 Å². The first-order valence-electron chi connectivity index (χ1n) is 14.7. The molecule has 0 unspecified atom stereocenters. The van der Waals surface area contributed by atoms with Crippen molar-refractivity contribution in [2.45, 2.75) is 11.8 Å². The Morgan fingerprint density at radius 2 is 0.738 bits per heavy atom. The third kappa shape index (κ3) is 7.93. The smallest absolute Gasteiger partial charge is 0.317 e. The summed E-state index contributed by atoms with van der Waals surface area (Å²) in [4.78, 5) is 30.9. The number of hydrogen-bond acceptors (Lipinski definition) is 6. The van der Waals surface area contributed by atoms with Gasteiger partial charge in [0.2, 0.25) is 0 Å². The molecule has 0 spiro atoms. The van der Waals surface area contributed by atoms with Gasteiger partial charge in [-0.05, 0) is 22.3 Å². The average molecular weight is 563 g/mol. The van der Waals surface area contributed by atoms with Crippen molar-refractivity contribution in [3.8, 4) is 0 Å². The quantitative estimate of drug-likeness (QED) is 0.217. The van der Waals surface area contributed by atoms with E-state index in [0.717, 1.165) is 48.4 Å². The third-order valence-electron chi connectivity index (χ3n) is 7.77. The molecular weight excluding hydrogens is 524 g/mol. The second-order valence-corrected chi connectivity index (χ2v) is 10.5. The summed E-state index contributed by atoms with van der Waals surface area (Å²) in [6.07, 6.45) is 0. The maximum absolute atomic E-state index is 13.1. The summed E-state index contributed by atoms with van der Waals surface area (Å²) in [6.45, 7) is 5.61. The van der Waals surface area contributed by atoms with Gasteiger partial charge in [-0.2, -0.15) is 0 Å². The number of benzene rings is 4. The predicted molar refractivity (Wildman–Crippen MR) is 164 cm³/mol. The summed E-state index contributed by atoms with van der Waals surface area (Å²) < 4.78 is 11.6. The van der Waals surface area contributed by atoms with Crippen LogP contribution in [0, 0.1) is 0 Å². The van der Waals surface area contributed by atoms with Crippen molar-refractivity contribution in [2.24, 2.45) is 0 Å². The standard InChI is InChI=1S/C36H38N2O4/c39-35(33(29-13-5-1-6-14-29)30-15-7-2-8-16-30)41-27-25-37-21-23-38(24-22-37)26-28-42-36(40)34(31-17-9-3-10-18-31)32-19-11-4-12-20-32/h1-20,33-34H,21-28H2. The average Bonchev–Trinajstić information content (AvgIpc) is 3.04. The van der Waals surface area contributed by atoms with E-state index in [4.69, 9.17) is 9.47 Å². The summed E-state index contributed by atoms with van der Waals surface area (Å²) in [5.74, 6) is -1.32. The maximum atomic E-state index is 13.1. The lowest BCUT2D eigenvalue weighted by molar-refractivity contribution is -0.146. The van der Waals surface area contributed by atoms with E-state index in [-0.39, 0.29) is 11.9 Å². The molecule has 6 nitrogen and oxygen atoms in total. The lowest BCUT2D eigenvalue weighted by atomic mass is 9.91. The monoisotopic (exact) mass is 562 g/mol. The van der Waals surface area contributed by atoms with Crippen LogP contribution < -0.4 is 0 Å². The van der Waals surface area contributed by atoms with Crippen LogP contribution in [0.4, 0.5) is 0 Å². The van der Waals surface area contributed by atoms with Crippen LogP contribution in [0.15, 0.2) is 121 Å². The fourth-order valence-electron chi connectivity index (χ4n) is 5.47. The molecule has 216 valence electrons. The largest absolute Gasteiger partial charge is 0.464 e. The molecule has 42 heavy (non-hydrogen) atoms. The Hall–Kier alpha value is -4.26. The van der Waals surface area contributed by atoms with E-state index in [1.165, 1.54) is 0 Å². The number of piperazine rings is 1. The highest BCUT2D eigenvalue weighted by Gasteiger charge is 2.26. The van der Waals surface area contributed by atoms with E-state index in [9.17, 15) is 9.59 Å². The van der Waals surface area contributed by atoms with Gasteiger partial charge in [-0.15, -0.1) is 0 Å². The van der Waals surface area contributed by atoms with Gasteiger partial charge in [0, 0.05) is 39.3 Å². The topological polar surface area (TPSA) is 59.1 Å². The first-order valence-corrected chi connectivity index (χ1v) is 14.7. The number of nitrogens with zero attached hydrogens (tertiary/aromatic N) is 2. The van der Waals surface area contributed by atoms with Gasteiger partial charge in [-0.3, -0.25) is 19.4 Å². The van der Waals surface area contributed by atoms with Crippen molar-refractivity contribution in [1.82, 2.24) is 9.80 Å². The summed E-state index contributed by atoms with van der Waals surface area (Å²) in [7, 11) is 0. The summed E-state index contributed by atoms with van der Waals surface area (Å²) >= 11 is 0. The molecule has 0 aliphatic carbocycles. The van der Waals surface area contributed by atoms with Gasteiger partial charge in [0.15, 0.2) is 0 Å². The minimum absolute atomic E-state index is 0.225. The minimum Gasteiger partial charge on any atom is -0.464 e. The zero-order valence-corrected chi connectivity index (χ0v) is 23.9. The molecule has 1 saturated heterocycles. The molecule has 0 atom stereocenters. The second-order valence-electron chi connectivity index (χ2n) is 10.5.